The highest BCUT2D eigenvalue weighted by Crippen LogP contribution is 2.16. The van der Waals surface area contributed by atoms with Gasteiger partial charge >= 0.3 is 0 Å². The Bertz CT molecular complexity index is 307. The number of hydrogen-bond acceptors (Lipinski definition) is 3. The molecule has 4 heteroatoms. The second kappa shape index (κ2) is 3.92. The summed E-state index contributed by atoms with van der Waals surface area (Å²) in [5.41, 5.74) is 0. The smallest absolute Gasteiger partial charge is 0.249 e. The molecule has 0 saturated carbocycles. The molecule has 0 radical (unpaired) electrons. The zero-order valence-corrected chi connectivity index (χ0v) is 8.39. The van der Waals surface area contributed by atoms with Crippen molar-refractivity contribution < 1.29 is 4.79 Å². The first kappa shape index (κ1) is 9.40. The van der Waals surface area contributed by atoms with Gasteiger partial charge in [-0.1, -0.05) is 6.42 Å². The number of carbonyl (C=O) groups excluding carboxylic acids is 1. The summed E-state index contributed by atoms with van der Waals surface area (Å²) < 4.78 is 1.58. The van der Waals surface area contributed by atoms with E-state index in [0.717, 1.165) is 19.4 Å². The molecule has 0 aromatic carbocycles. The molecule has 4 nitrogen and oxygen atoms in total. The van der Waals surface area contributed by atoms with Crippen LogP contribution in [0.25, 0.3) is 0 Å². The minimum Gasteiger partial charge on any atom is -0.295 e. The number of piperidine rings is 1. The Labute approximate surface area is 83.5 Å². The summed E-state index contributed by atoms with van der Waals surface area (Å²) in [7, 11) is 2.01. The van der Waals surface area contributed by atoms with Gasteiger partial charge in [-0.25, -0.2) is 4.98 Å². The third-order valence-corrected chi connectivity index (χ3v) is 2.81. The zero-order chi connectivity index (χ0) is 9.97. The van der Waals surface area contributed by atoms with E-state index >= 15 is 0 Å². The Hall–Kier alpha value is -1.16. The molecule has 0 unspecified atom stereocenters. The first-order valence-electron chi connectivity index (χ1n) is 5.01. The summed E-state index contributed by atoms with van der Waals surface area (Å²) in [5.74, 6) is 0.143. The number of carbonyl (C=O) groups is 1. The van der Waals surface area contributed by atoms with Gasteiger partial charge in [0.1, 0.15) is 6.33 Å². The second-order valence-corrected chi connectivity index (χ2v) is 3.80. The van der Waals surface area contributed by atoms with Crippen molar-refractivity contribution in [2.45, 2.75) is 25.3 Å². The van der Waals surface area contributed by atoms with Gasteiger partial charge in [-0.15, -0.1) is 0 Å². The standard InChI is InChI=1S/C10H15N3O/c1-12-6-3-2-4-9(12)10(14)13-7-5-11-8-13/h5,7-9H,2-4,6H2,1H3/t9-/m0/s1. The molecule has 2 rings (SSSR count). The molecule has 1 aliphatic heterocycles. The van der Waals surface area contributed by atoms with Gasteiger partial charge in [-0.3, -0.25) is 14.3 Å². The number of imidazole rings is 1. The minimum atomic E-state index is 0.0398. The molecular formula is C10H15N3O. The van der Waals surface area contributed by atoms with Crippen molar-refractivity contribution in [3.05, 3.63) is 18.7 Å². The lowest BCUT2D eigenvalue weighted by Gasteiger charge is -2.30. The van der Waals surface area contributed by atoms with E-state index in [1.165, 1.54) is 6.42 Å². The second-order valence-electron chi connectivity index (χ2n) is 3.80. The Kier molecular flexibility index (Phi) is 2.63. The van der Waals surface area contributed by atoms with Crippen LogP contribution in [0.2, 0.25) is 0 Å². The van der Waals surface area contributed by atoms with Crippen molar-refractivity contribution in [2.24, 2.45) is 0 Å². The van der Waals surface area contributed by atoms with Crippen molar-refractivity contribution in [2.75, 3.05) is 13.6 Å². The van der Waals surface area contributed by atoms with Crippen LogP contribution >= 0.6 is 0 Å². The topological polar surface area (TPSA) is 38.1 Å². The van der Waals surface area contributed by atoms with Gasteiger partial charge in [0.15, 0.2) is 0 Å². The monoisotopic (exact) mass is 193 g/mol. The number of aromatic nitrogens is 2. The van der Waals surface area contributed by atoms with Crippen LogP contribution in [-0.4, -0.2) is 40.0 Å². The lowest BCUT2D eigenvalue weighted by molar-refractivity contribution is 0.0709. The molecule has 14 heavy (non-hydrogen) atoms. The third-order valence-electron chi connectivity index (χ3n) is 2.81. The molecule has 76 valence electrons. The van der Waals surface area contributed by atoms with Crippen LogP contribution in [0.4, 0.5) is 0 Å². The molecule has 2 heterocycles. The van der Waals surface area contributed by atoms with Crippen LogP contribution in [0.15, 0.2) is 18.7 Å². The summed E-state index contributed by atoms with van der Waals surface area (Å²) >= 11 is 0. The van der Waals surface area contributed by atoms with Gasteiger partial charge in [0.05, 0.1) is 6.04 Å². The highest BCUT2D eigenvalue weighted by Gasteiger charge is 2.26. The molecule has 1 aliphatic rings. The Morgan fingerprint density at radius 3 is 3.00 bits per heavy atom. The average Bonchev–Trinajstić information content (AvgIpc) is 2.70. The molecule has 0 amide bonds. The van der Waals surface area contributed by atoms with Crippen molar-refractivity contribution in [1.82, 2.24) is 14.5 Å². The molecule has 0 N–H and O–H groups in total. The highest BCUT2D eigenvalue weighted by atomic mass is 16.2. The van der Waals surface area contributed by atoms with Crippen LogP contribution < -0.4 is 0 Å². The Morgan fingerprint density at radius 1 is 1.50 bits per heavy atom. The van der Waals surface area contributed by atoms with Gasteiger partial charge in [0.25, 0.3) is 0 Å². The molecule has 0 aliphatic carbocycles. The number of hydrogen-bond donors (Lipinski definition) is 0. The summed E-state index contributed by atoms with van der Waals surface area (Å²) in [5, 5.41) is 0. The van der Waals surface area contributed by atoms with E-state index in [0.29, 0.717) is 0 Å². The van der Waals surface area contributed by atoms with Crippen LogP contribution in [0.3, 0.4) is 0 Å². The predicted octanol–water partition coefficient (Wildman–Crippen LogP) is 1.01. The van der Waals surface area contributed by atoms with Gasteiger partial charge in [0, 0.05) is 12.4 Å². The van der Waals surface area contributed by atoms with Crippen LogP contribution in [0, 0.1) is 0 Å². The first-order valence-corrected chi connectivity index (χ1v) is 5.01. The summed E-state index contributed by atoms with van der Waals surface area (Å²) in [6, 6.07) is 0.0398. The Morgan fingerprint density at radius 2 is 2.36 bits per heavy atom. The SMILES string of the molecule is CN1CCCC[C@H]1C(=O)n1ccnc1. The van der Waals surface area contributed by atoms with Crippen molar-refractivity contribution in [1.29, 1.82) is 0 Å². The molecule has 0 bridgehead atoms. The van der Waals surface area contributed by atoms with Crippen molar-refractivity contribution in [3.8, 4) is 0 Å². The summed E-state index contributed by atoms with van der Waals surface area (Å²) in [4.78, 5) is 18.0. The molecular weight excluding hydrogens is 178 g/mol. The van der Waals surface area contributed by atoms with E-state index in [9.17, 15) is 4.79 Å². The first-order chi connectivity index (χ1) is 6.79. The molecule has 1 saturated heterocycles. The van der Waals surface area contributed by atoms with Crippen LogP contribution in [0.5, 0.6) is 0 Å². The molecule has 1 fully saturated rings. The van der Waals surface area contributed by atoms with E-state index in [2.05, 4.69) is 9.88 Å². The summed E-state index contributed by atoms with van der Waals surface area (Å²) in [6.45, 7) is 1.02. The quantitative estimate of drug-likeness (QED) is 0.668. The normalized spacial score (nSPS) is 23.6. The fraction of sp³-hybridized carbons (Fsp3) is 0.600. The van der Waals surface area contributed by atoms with E-state index in [1.54, 1.807) is 23.3 Å². The van der Waals surface area contributed by atoms with Crippen molar-refractivity contribution >= 4 is 5.91 Å². The van der Waals surface area contributed by atoms with E-state index < -0.39 is 0 Å². The number of likely N-dealkylation sites (N-methyl/N-ethyl adjacent to an activating group) is 1. The lowest BCUT2D eigenvalue weighted by atomic mass is 10.0. The fourth-order valence-corrected chi connectivity index (χ4v) is 1.95. The van der Waals surface area contributed by atoms with Gasteiger partial charge < -0.3 is 0 Å². The van der Waals surface area contributed by atoms with E-state index in [1.807, 2.05) is 7.05 Å². The fourth-order valence-electron chi connectivity index (χ4n) is 1.95. The van der Waals surface area contributed by atoms with E-state index in [-0.39, 0.29) is 11.9 Å². The maximum atomic E-state index is 12.0. The lowest BCUT2D eigenvalue weighted by Crippen LogP contribution is -2.43. The molecule has 0 spiro atoms. The van der Waals surface area contributed by atoms with Gasteiger partial charge in [-0.2, -0.15) is 0 Å². The maximum absolute atomic E-state index is 12.0. The van der Waals surface area contributed by atoms with Crippen molar-refractivity contribution in [3.63, 3.8) is 0 Å². The molecule has 1 atom stereocenters. The Balaban J connectivity index is 2.10. The van der Waals surface area contributed by atoms with Crippen LogP contribution in [0.1, 0.15) is 24.1 Å². The number of likely N-dealkylation sites (tertiary alicyclic amines) is 1. The zero-order valence-electron chi connectivity index (χ0n) is 8.39. The highest BCUT2D eigenvalue weighted by molar-refractivity contribution is 5.84. The van der Waals surface area contributed by atoms with E-state index in [4.69, 9.17) is 0 Å². The van der Waals surface area contributed by atoms with Gasteiger partial charge in [0.2, 0.25) is 5.91 Å². The average molecular weight is 193 g/mol. The predicted molar refractivity (Wildman–Crippen MR) is 53.1 cm³/mol. The minimum absolute atomic E-state index is 0.0398. The number of rotatable bonds is 1. The van der Waals surface area contributed by atoms with Crippen LogP contribution in [-0.2, 0) is 0 Å². The number of nitrogens with zero attached hydrogens (tertiary/aromatic N) is 3. The van der Waals surface area contributed by atoms with Gasteiger partial charge in [-0.05, 0) is 26.4 Å². The largest absolute Gasteiger partial charge is 0.295 e. The molecule has 1 aromatic heterocycles. The summed E-state index contributed by atoms with van der Waals surface area (Å²) in [6.07, 6.45) is 8.24. The third kappa shape index (κ3) is 1.70. The molecule has 1 aromatic rings. The maximum Gasteiger partial charge on any atom is 0.249 e.